The van der Waals surface area contributed by atoms with Crippen LogP contribution in [0.1, 0.15) is 0 Å². The monoisotopic (exact) mass is 145 g/mol. The molecule has 2 aromatic rings. The SMILES string of the molecule is [B](c1ncc[nH]1)c1ncc[nH]1. The van der Waals surface area contributed by atoms with Gasteiger partial charge in [-0.2, -0.15) is 0 Å². The molecule has 4 nitrogen and oxygen atoms in total. The Balaban J connectivity index is 2.14. The molecule has 2 N–H and O–H groups in total. The van der Waals surface area contributed by atoms with Crippen LogP contribution in [-0.4, -0.2) is 27.2 Å². The predicted octanol–water partition coefficient (Wildman–Crippen LogP) is -1.21. The topological polar surface area (TPSA) is 57.4 Å². The fourth-order valence-corrected chi connectivity index (χ4v) is 0.842. The smallest absolute Gasteiger partial charge is 0.288 e. The van der Waals surface area contributed by atoms with Crippen LogP contribution >= 0.6 is 0 Å². The first-order valence-corrected chi connectivity index (χ1v) is 3.28. The number of aromatic amines is 2. The van der Waals surface area contributed by atoms with E-state index in [-0.39, 0.29) is 0 Å². The van der Waals surface area contributed by atoms with E-state index in [2.05, 4.69) is 19.9 Å². The molecule has 0 aromatic carbocycles. The van der Waals surface area contributed by atoms with Crippen molar-refractivity contribution in [2.24, 2.45) is 0 Å². The van der Waals surface area contributed by atoms with E-state index < -0.39 is 0 Å². The molecule has 11 heavy (non-hydrogen) atoms. The highest BCUT2D eigenvalue weighted by atomic mass is 14.9. The molecular weight excluding hydrogens is 139 g/mol. The van der Waals surface area contributed by atoms with Crippen LogP contribution < -0.4 is 11.4 Å². The van der Waals surface area contributed by atoms with Crippen molar-refractivity contribution in [3.63, 3.8) is 0 Å². The third kappa shape index (κ3) is 1.31. The fourth-order valence-electron chi connectivity index (χ4n) is 0.842. The van der Waals surface area contributed by atoms with Crippen LogP contribution in [0.5, 0.6) is 0 Å². The molecule has 0 unspecified atom stereocenters. The molecule has 2 rings (SSSR count). The molecule has 0 aliphatic carbocycles. The third-order valence-corrected chi connectivity index (χ3v) is 1.31. The standard InChI is InChI=1S/C6H6BN4/c1-2-9-5(8-1)7-6-10-3-4-11-6/h1-4H,(H,8,9)(H,10,11). The summed E-state index contributed by atoms with van der Waals surface area (Å²) in [6.45, 7) is 0. The average Bonchev–Trinajstić information content (AvgIpc) is 2.60. The van der Waals surface area contributed by atoms with Gasteiger partial charge in [-0.15, -0.1) is 0 Å². The summed E-state index contributed by atoms with van der Waals surface area (Å²) in [5.41, 5.74) is 1.61. The normalized spacial score (nSPS) is 9.82. The van der Waals surface area contributed by atoms with Crippen molar-refractivity contribution in [2.45, 2.75) is 0 Å². The van der Waals surface area contributed by atoms with E-state index in [1.165, 1.54) is 0 Å². The summed E-state index contributed by atoms with van der Waals surface area (Å²) in [4.78, 5) is 13.9. The first kappa shape index (κ1) is 6.21. The van der Waals surface area contributed by atoms with E-state index in [0.717, 1.165) is 11.4 Å². The Labute approximate surface area is 64.3 Å². The van der Waals surface area contributed by atoms with Gasteiger partial charge in [0.15, 0.2) is 0 Å². The van der Waals surface area contributed by atoms with Gasteiger partial charge in [0, 0.05) is 24.8 Å². The van der Waals surface area contributed by atoms with Crippen LogP contribution in [0, 0.1) is 0 Å². The number of nitrogens with zero attached hydrogens (tertiary/aromatic N) is 2. The van der Waals surface area contributed by atoms with Crippen molar-refractivity contribution < 1.29 is 0 Å². The van der Waals surface area contributed by atoms with Crippen molar-refractivity contribution in [2.75, 3.05) is 0 Å². The van der Waals surface area contributed by atoms with Crippen LogP contribution in [0.3, 0.4) is 0 Å². The first-order valence-electron chi connectivity index (χ1n) is 3.28. The second-order valence-corrected chi connectivity index (χ2v) is 2.09. The molecule has 53 valence electrons. The van der Waals surface area contributed by atoms with Crippen molar-refractivity contribution in [3.8, 4) is 0 Å². The Morgan fingerprint density at radius 1 is 1.00 bits per heavy atom. The number of aromatic nitrogens is 4. The highest BCUT2D eigenvalue weighted by molar-refractivity contribution is 6.64. The molecular formula is C6H6BN4. The maximum absolute atomic E-state index is 4.02. The van der Waals surface area contributed by atoms with Gasteiger partial charge in [0.1, 0.15) is 0 Å². The van der Waals surface area contributed by atoms with Gasteiger partial charge >= 0.3 is 0 Å². The summed E-state index contributed by atoms with van der Waals surface area (Å²) in [6, 6.07) is 0. The van der Waals surface area contributed by atoms with Gasteiger partial charge in [0.05, 0.1) is 11.4 Å². The Morgan fingerprint density at radius 2 is 1.55 bits per heavy atom. The number of H-pyrrole nitrogens is 2. The average molecular weight is 145 g/mol. The van der Waals surface area contributed by atoms with E-state index in [4.69, 9.17) is 0 Å². The maximum Gasteiger partial charge on any atom is 0.288 e. The van der Waals surface area contributed by atoms with E-state index in [0.29, 0.717) is 0 Å². The van der Waals surface area contributed by atoms with Crippen molar-refractivity contribution >= 4 is 18.7 Å². The zero-order valence-electron chi connectivity index (χ0n) is 5.78. The molecule has 0 fully saturated rings. The molecule has 0 saturated carbocycles. The van der Waals surface area contributed by atoms with Crippen molar-refractivity contribution in [1.82, 2.24) is 19.9 Å². The molecule has 2 aromatic heterocycles. The zero-order valence-corrected chi connectivity index (χ0v) is 5.78. The van der Waals surface area contributed by atoms with Crippen LogP contribution in [0.2, 0.25) is 0 Å². The van der Waals surface area contributed by atoms with Crippen LogP contribution in [0.4, 0.5) is 0 Å². The highest BCUT2D eigenvalue weighted by Gasteiger charge is 2.01. The van der Waals surface area contributed by atoms with Crippen molar-refractivity contribution in [3.05, 3.63) is 24.8 Å². The Morgan fingerprint density at radius 3 is 1.91 bits per heavy atom. The Hall–Kier alpha value is -1.52. The lowest BCUT2D eigenvalue weighted by atomic mass is 9.77. The number of imidazole rings is 2. The number of nitrogens with one attached hydrogen (secondary N) is 2. The van der Waals surface area contributed by atoms with Gasteiger partial charge in [-0.1, -0.05) is 0 Å². The van der Waals surface area contributed by atoms with Gasteiger partial charge < -0.3 is 9.97 Å². The second-order valence-electron chi connectivity index (χ2n) is 2.09. The minimum atomic E-state index is 0.806. The number of hydrogen-bond donors (Lipinski definition) is 2. The third-order valence-electron chi connectivity index (χ3n) is 1.31. The van der Waals surface area contributed by atoms with Gasteiger partial charge in [0.2, 0.25) is 0 Å². The zero-order chi connectivity index (χ0) is 7.52. The predicted molar refractivity (Wildman–Crippen MR) is 42.2 cm³/mol. The summed E-state index contributed by atoms with van der Waals surface area (Å²) in [7, 11) is 1.83. The summed E-state index contributed by atoms with van der Waals surface area (Å²) < 4.78 is 0. The number of hydrogen-bond acceptors (Lipinski definition) is 2. The summed E-state index contributed by atoms with van der Waals surface area (Å²) in [5.74, 6) is 0. The molecule has 0 aliphatic heterocycles. The van der Waals surface area contributed by atoms with Gasteiger partial charge in [0.25, 0.3) is 7.28 Å². The van der Waals surface area contributed by atoms with Gasteiger partial charge in [-0.05, 0) is 0 Å². The lowest BCUT2D eigenvalue weighted by Crippen LogP contribution is -2.32. The lowest BCUT2D eigenvalue weighted by molar-refractivity contribution is 1.37. The first-order chi connectivity index (χ1) is 5.45. The van der Waals surface area contributed by atoms with E-state index >= 15 is 0 Å². The molecule has 5 heteroatoms. The Kier molecular flexibility index (Phi) is 1.48. The van der Waals surface area contributed by atoms with E-state index in [9.17, 15) is 0 Å². The Bertz CT molecular complexity index is 267. The molecule has 0 amide bonds. The largest absolute Gasteiger partial charge is 0.357 e. The molecule has 0 spiro atoms. The van der Waals surface area contributed by atoms with Gasteiger partial charge in [-0.3, -0.25) is 9.97 Å². The minimum Gasteiger partial charge on any atom is -0.357 e. The summed E-state index contributed by atoms with van der Waals surface area (Å²) in [5, 5.41) is 0. The quantitative estimate of drug-likeness (QED) is 0.520. The molecule has 0 saturated heterocycles. The van der Waals surface area contributed by atoms with Gasteiger partial charge in [-0.25, -0.2) is 0 Å². The minimum absolute atomic E-state index is 0.806. The fraction of sp³-hybridized carbons (Fsp3) is 0. The molecule has 0 bridgehead atoms. The van der Waals surface area contributed by atoms with Crippen molar-refractivity contribution in [1.29, 1.82) is 0 Å². The summed E-state index contributed by atoms with van der Waals surface area (Å²) >= 11 is 0. The molecule has 2 heterocycles. The van der Waals surface area contributed by atoms with Crippen LogP contribution in [0.25, 0.3) is 0 Å². The number of rotatable bonds is 2. The van der Waals surface area contributed by atoms with E-state index in [1.807, 2.05) is 7.28 Å². The maximum atomic E-state index is 4.02. The van der Waals surface area contributed by atoms with E-state index in [1.54, 1.807) is 24.8 Å². The summed E-state index contributed by atoms with van der Waals surface area (Å²) in [6.07, 6.45) is 6.95. The van der Waals surface area contributed by atoms with Crippen LogP contribution in [0.15, 0.2) is 24.8 Å². The molecule has 0 atom stereocenters. The lowest BCUT2D eigenvalue weighted by Gasteiger charge is -1.87. The molecule has 0 aliphatic rings. The van der Waals surface area contributed by atoms with Crippen LogP contribution in [-0.2, 0) is 0 Å². The second kappa shape index (κ2) is 2.61. The highest BCUT2D eigenvalue weighted by Crippen LogP contribution is 1.69. The molecule has 1 radical (unpaired) electrons.